The number of anilines is 1. The molecule has 0 radical (unpaired) electrons. The van der Waals surface area contributed by atoms with Crippen molar-refractivity contribution >= 4 is 63.3 Å². The second kappa shape index (κ2) is 7.65. The lowest BCUT2D eigenvalue weighted by molar-refractivity contribution is 1.18. The van der Waals surface area contributed by atoms with Crippen molar-refractivity contribution in [3.8, 4) is 0 Å². The van der Waals surface area contributed by atoms with Crippen molar-refractivity contribution in [2.75, 3.05) is 5.32 Å². The van der Waals surface area contributed by atoms with Gasteiger partial charge in [0.15, 0.2) is 5.11 Å². The smallest absolute Gasteiger partial charge is 0.274 e. The highest BCUT2D eigenvalue weighted by Crippen LogP contribution is 2.25. The van der Waals surface area contributed by atoms with Gasteiger partial charge in [0, 0.05) is 11.2 Å². The number of nitrogens with one attached hydrogen (secondary N) is 3. The van der Waals surface area contributed by atoms with Gasteiger partial charge in [-0.1, -0.05) is 35.3 Å². The van der Waals surface area contributed by atoms with Crippen LogP contribution in [0.1, 0.15) is 5.69 Å². The minimum Gasteiger partial charge on any atom is -0.339 e. The fourth-order valence-corrected chi connectivity index (χ4v) is 2.62. The molecule has 0 unspecified atom stereocenters. The van der Waals surface area contributed by atoms with Crippen LogP contribution in [-0.4, -0.2) is 15.1 Å². The molecule has 0 saturated heterocycles. The first kappa shape index (κ1) is 17.4. The first-order valence-electron chi connectivity index (χ1n) is 7.21. The van der Waals surface area contributed by atoms with Crippen molar-refractivity contribution in [2.45, 2.75) is 0 Å². The van der Waals surface area contributed by atoms with Crippen LogP contribution in [0.5, 0.6) is 0 Å². The summed E-state index contributed by atoms with van der Waals surface area (Å²) in [5, 5.41) is 7.11. The maximum absolute atomic E-state index is 12.0. The molecule has 0 atom stereocenters. The van der Waals surface area contributed by atoms with E-state index in [4.69, 9.17) is 35.4 Å². The van der Waals surface area contributed by atoms with Crippen LogP contribution in [-0.2, 0) is 0 Å². The molecule has 126 valence electrons. The van der Waals surface area contributed by atoms with E-state index in [2.05, 4.69) is 20.6 Å². The minimum atomic E-state index is -0.284. The molecule has 0 saturated carbocycles. The number of para-hydroxylation sites is 2. The van der Waals surface area contributed by atoms with Crippen LogP contribution in [0, 0.1) is 0 Å². The number of rotatable bonds is 3. The van der Waals surface area contributed by atoms with Gasteiger partial charge >= 0.3 is 0 Å². The SMILES string of the molecule is O=c1[nH]c2ccccc2nc1/C=C/NC(=S)Nc1cc(Cl)ccc1Cl. The fourth-order valence-electron chi connectivity index (χ4n) is 2.10. The zero-order chi connectivity index (χ0) is 17.8. The monoisotopic (exact) mass is 390 g/mol. The average molecular weight is 391 g/mol. The van der Waals surface area contributed by atoms with Crippen molar-refractivity contribution in [1.29, 1.82) is 0 Å². The molecule has 0 fully saturated rings. The van der Waals surface area contributed by atoms with E-state index in [1.54, 1.807) is 30.3 Å². The summed E-state index contributed by atoms with van der Waals surface area (Å²) in [6.45, 7) is 0. The van der Waals surface area contributed by atoms with Crippen LogP contribution in [0.15, 0.2) is 53.5 Å². The molecule has 8 heteroatoms. The summed E-state index contributed by atoms with van der Waals surface area (Å²) in [6, 6.07) is 12.3. The van der Waals surface area contributed by atoms with E-state index in [1.807, 2.05) is 18.2 Å². The van der Waals surface area contributed by atoms with E-state index in [9.17, 15) is 4.79 Å². The molecule has 5 nitrogen and oxygen atoms in total. The Morgan fingerprint density at radius 2 is 2.00 bits per heavy atom. The highest BCUT2D eigenvalue weighted by Gasteiger charge is 2.03. The van der Waals surface area contributed by atoms with E-state index in [-0.39, 0.29) is 11.3 Å². The Labute approximate surface area is 158 Å². The van der Waals surface area contributed by atoms with Crippen LogP contribution < -0.4 is 16.2 Å². The Morgan fingerprint density at radius 3 is 2.84 bits per heavy atom. The molecule has 0 spiro atoms. The third-order valence-electron chi connectivity index (χ3n) is 3.26. The molecule has 25 heavy (non-hydrogen) atoms. The quantitative estimate of drug-likeness (QED) is 0.585. The van der Waals surface area contributed by atoms with E-state index in [0.717, 1.165) is 0 Å². The number of fused-ring (bicyclic) bond motifs is 1. The summed E-state index contributed by atoms with van der Waals surface area (Å²) in [7, 11) is 0. The fraction of sp³-hybridized carbons (Fsp3) is 0. The highest BCUT2D eigenvalue weighted by atomic mass is 35.5. The number of halogens is 2. The molecule has 3 rings (SSSR count). The largest absolute Gasteiger partial charge is 0.339 e. The van der Waals surface area contributed by atoms with Gasteiger partial charge in [-0.3, -0.25) is 4.79 Å². The van der Waals surface area contributed by atoms with Gasteiger partial charge in [-0.05, 0) is 48.6 Å². The van der Waals surface area contributed by atoms with Gasteiger partial charge in [0.25, 0.3) is 5.56 Å². The van der Waals surface area contributed by atoms with Crippen molar-refractivity contribution in [2.24, 2.45) is 0 Å². The standard InChI is InChI=1S/C17H12Cl2N4OS/c18-10-5-6-11(19)15(9-10)23-17(25)20-8-7-14-16(24)22-13-4-2-1-3-12(13)21-14/h1-9H,(H,22,24)(H2,20,23,25)/b8-7+. The van der Waals surface area contributed by atoms with Gasteiger partial charge in [0.1, 0.15) is 5.69 Å². The van der Waals surface area contributed by atoms with Crippen molar-refractivity contribution in [1.82, 2.24) is 15.3 Å². The summed E-state index contributed by atoms with van der Waals surface area (Å²) in [4.78, 5) is 19.1. The Bertz CT molecular complexity index is 1030. The Kier molecular flexibility index (Phi) is 5.33. The van der Waals surface area contributed by atoms with Crippen LogP contribution in [0.25, 0.3) is 17.1 Å². The van der Waals surface area contributed by atoms with Gasteiger partial charge in [0.05, 0.1) is 21.7 Å². The number of thiocarbonyl (C=S) groups is 1. The number of aromatic amines is 1. The van der Waals surface area contributed by atoms with Gasteiger partial charge < -0.3 is 15.6 Å². The second-order valence-corrected chi connectivity index (χ2v) is 6.28. The molecule has 0 aliphatic carbocycles. The summed E-state index contributed by atoms with van der Waals surface area (Å²) >= 11 is 17.2. The Balaban J connectivity index is 1.70. The predicted octanol–water partition coefficient (Wildman–Crippen LogP) is 4.19. The van der Waals surface area contributed by atoms with Gasteiger partial charge in [0.2, 0.25) is 0 Å². The molecule has 0 aliphatic heterocycles. The van der Waals surface area contributed by atoms with Crippen LogP contribution >= 0.6 is 35.4 Å². The van der Waals surface area contributed by atoms with Crippen molar-refractivity contribution in [3.63, 3.8) is 0 Å². The molecular weight excluding hydrogens is 379 g/mol. The third kappa shape index (κ3) is 4.36. The lowest BCUT2D eigenvalue weighted by atomic mass is 10.3. The molecule has 0 bridgehead atoms. The minimum absolute atomic E-state index is 0.273. The maximum Gasteiger partial charge on any atom is 0.274 e. The lowest BCUT2D eigenvalue weighted by Gasteiger charge is -2.09. The third-order valence-corrected chi connectivity index (χ3v) is 4.04. The first-order valence-corrected chi connectivity index (χ1v) is 8.37. The Hall–Kier alpha value is -2.41. The molecule has 0 aliphatic rings. The summed E-state index contributed by atoms with van der Waals surface area (Å²) in [5.41, 5.74) is 1.96. The van der Waals surface area contributed by atoms with Crippen LogP contribution in [0.2, 0.25) is 10.0 Å². The molecular formula is C17H12Cl2N4OS. The number of hydrogen-bond acceptors (Lipinski definition) is 3. The lowest BCUT2D eigenvalue weighted by Crippen LogP contribution is -2.24. The number of hydrogen-bond donors (Lipinski definition) is 3. The molecule has 1 heterocycles. The maximum atomic E-state index is 12.0. The number of benzene rings is 2. The van der Waals surface area contributed by atoms with E-state index in [0.29, 0.717) is 31.9 Å². The number of nitrogens with zero attached hydrogens (tertiary/aromatic N) is 1. The van der Waals surface area contributed by atoms with Gasteiger partial charge in [-0.15, -0.1) is 0 Å². The van der Waals surface area contributed by atoms with Crippen LogP contribution in [0.4, 0.5) is 5.69 Å². The molecule has 1 aromatic heterocycles. The van der Waals surface area contributed by atoms with Crippen molar-refractivity contribution in [3.05, 3.63) is 74.8 Å². The zero-order valence-electron chi connectivity index (χ0n) is 12.7. The number of H-pyrrole nitrogens is 1. The number of aromatic nitrogens is 2. The molecule has 0 amide bonds. The van der Waals surface area contributed by atoms with Crippen molar-refractivity contribution < 1.29 is 0 Å². The molecule has 3 N–H and O–H groups in total. The summed E-state index contributed by atoms with van der Waals surface area (Å²) in [6.07, 6.45) is 3.07. The highest BCUT2D eigenvalue weighted by molar-refractivity contribution is 7.80. The first-order chi connectivity index (χ1) is 12.0. The molecule has 2 aromatic carbocycles. The van der Waals surface area contributed by atoms with Gasteiger partial charge in [-0.2, -0.15) is 0 Å². The normalized spacial score (nSPS) is 11.0. The summed E-state index contributed by atoms with van der Waals surface area (Å²) in [5.74, 6) is 0. The Morgan fingerprint density at radius 1 is 1.20 bits per heavy atom. The van der Waals surface area contributed by atoms with Gasteiger partial charge in [-0.25, -0.2) is 4.98 Å². The van der Waals surface area contributed by atoms with E-state index < -0.39 is 0 Å². The average Bonchev–Trinajstić information content (AvgIpc) is 2.58. The molecule has 3 aromatic rings. The zero-order valence-corrected chi connectivity index (χ0v) is 15.0. The van der Waals surface area contributed by atoms with E-state index >= 15 is 0 Å². The van der Waals surface area contributed by atoms with Crippen LogP contribution in [0.3, 0.4) is 0 Å². The predicted molar refractivity (Wildman–Crippen MR) is 107 cm³/mol. The summed E-state index contributed by atoms with van der Waals surface area (Å²) < 4.78 is 0. The topological polar surface area (TPSA) is 69.8 Å². The van der Waals surface area contributed by atoms with E-state index in [1.165, 1.54) is 6.20 Å². The second-order valence-electron chi connectivity index (χ2n) is 5.02.